The van der Waals surface area contributed by atoms with E-state index in [2.05, 4.69) is 9.88 Å². The minimum absolute atomic E-state index is 0.183. The highest BCUT2D eigenvalue weighted by molar-refractivity contribution is 5.24. The van der Waals surface area contributed by atoms with Crippen molar-refractivity contribution >= 4 is 0 Å². The highest BCUT2D eigenvalue weighted by atomic mass is 19.1. The summed E-state index contributed by atoms with van der Waals surface area (Å²) in [7, 11) is 1.99. The molecular formula is C16H20FN3. The summed E-state index contributed by atoms with van der Waals surface area (Å²) in [5, 5.41) is 0. The molecule has 4 heteroatoms. The SMILES string of the molecule is CN(CCc1ccccn1)Cc1ccc(CN)cc1F. The number of pyridine rings is 1. The lowest BCUT2D eigenvalue weighted by Gasteiger charge is -2.17. The van der Waals surface area contributed by atoms with Gasteiger partial charge in [-0.15, -0.1) is 0 Å². The molecule has 0 unspecified atom stereocenters. The average molecular weight is 273 g/mol. The van der Waals surface area contributed by atoms with Gasteiger partial charge < -0.3 is 10.6 Å². The number of nitrogens with zero attached hydrogens (tertiary/aromatic N) is 2. The first kappa shape index (κ1) is 14.6. The topological polar surface area (TPSA) is 42.2 Å². The maximum Gasteiger partial charge on any atom is 0.128 e. The Morgan fingerprint density at radius 2 is 2.10 bits per heavy atom. The first-order valence-corrected chi connectivity index (χ1v) is 6.75. The summed E-state index contributed by atoms with van der Waals surface area (Å²) < 4.78 is 13.9. The highest BCUT2D eigenvalue weighted by Gasteiger charge is 2.07. The number of halogens is 1. The Balaban J connectivity index is 1.89. The molecule has 2 aromatic rings. The second kappa shape index (κ2) is 7.12. The van der Waals surface area contributed by atoms with E-state index in [1.807, 2.05) is 37.4 Å². The van der Waals surface area contributed by atoms with Gasteiger partial charge in [0, 0.05) is 43.5 Å². The molecule has 0 aliphatic heterocycles. The molecule has 106 valence electrons. The largest absolute Gasteiger partial charge is 0.326 e. The number of benzene rings is 1. The fraction of sp³-hybridized carbons (Fsp3) is 0.312. The quantitative estimate of drug-likeness (QED) is 0.878. The number of aromatic nitrogens is 1. The van der Waals surface area contributed by atoms with E-state index in [9.17, 15) is 4.39 Å². The van der Waals surface area contributed by atoms with Crippen LogP contribution in [-0.2, 0) is 19.5 Å². The Labute approximate surface area is 119 Å². The summed E-state index contributed by atoms with van der Waals surface area (Å²) in [5.74, 6) is -0.183. The van der Waals surface area contributed by atoms with Gasteiger partial charge in [-0.3, -0.25) is 4.98 Å². The molecule has 0 amide bonds. The van der Waals surface area contributed by atoms with Crippen molar-refractivity contribution in [2.75, 3.05) is 13.6 Å². The van der Waals surface area contributed by atoms with Gasteiger partial charge in [0.15, 0.2) is 0 Å². The molecule has 0 bridgehead atoms. The van der Waals surface area contributed by atoms with Crippen molar-refractivity contribution in [2.45, 2.75) is 19.5 Å². The number of likely N-dealkylation sites (N-methyl/N-ethyl adjacent to an activating group) is 1. The van der Waals surface area contributed by atoms with E-state index in [0.29, 0.717) is 18.7 Å². The van der Waals surface area contributed by atoms with Crippen molar-refractivity contribution in [3.63, 3.8) is 0 Å². The van der Waals surface area contributed by atoms with E-state index in [4.69, 9.17) is 5.73 Å². The van der Waals surface area contributed by atoms with Crippen molar-refractivity contribution in [3.8, 4) is 0 Å². The summed E-state index contributed by atoms with van der Waals surface area (Å²) in [6.07, 6.45) is 2.65. The van der Waals surface area contributed by atoms with Gasteiger partial charge in [-0.1, -0.05) is 18.2 Å². The summed E-state index contributed by atoms with van der Waals surface area (Å²) >= 11 is 0. The van der Waals surface area contributed by atoms with E-state index < -0.39 is 0 Å². The third-order valence-corrected chi connectivity index (χ3v) is 3.27. The Morgan fingerprint density at radius 1 is 1.25 bits per heavy atom. The Kier molecular flexibility index (Phi) is 5.21. The number of nitrogens with two attached hydrogens (primary N) is 1. The fourth-order valence-corrected chi connectivity index (χ4v) is 2.07. The van der Waals surface area contributed by atoms with Crippen LogP contribution in [0.2, 0.25) is 0 Å². The lowest BCUT2D eigenvalue weighted by molar-refractivity contribution is 0.324. The molecule has 20 heavy (non-hydrogen) atoms. The van der Waals surface area contributed by atoms with Crippen LogP contribution in [0, 0.1) is 5.82 Å². The van der Waals surface area contributed by atoms with E-state index in [1.54, 1.807) is 6.20 Å². The summed E-state index contributed by atoms with van der Waals surface area (Å²) in [6.45, 7) is 1.80. The van der Waals surface area contributed by atoms with E-state index in [-0.39, 0.29) is 5.82 Å². The molecule has 1 heterocycles. The van der Waals surface area contributed by atoms with Crippen molar-refractivity contribution < 1.29 is 4.39 Å². The molecule has 3 nitrogen and oxygen atoms in total. The molecule has 0 saturated heterocycles. The van der Waals surface area contributed by atoms with Crippen LogP contribution in [0.3, 0.4) is 0 Å². The van der Waals surface area contributed by atoms with Gasteiger partial charge in [-0.2, -0.15) is 0 Å². The zero-order valence-corrected chi connectivity index (χ0v) is 11.7. The molecule has 0 spiro atoms. The van der Waals surface area contributed by atoms with Crippen LogP contribution in [0.25, 0.3) is 0 Å². The predicted octanol–water partition coefficient (Wildman–Crippen LogP) is 2.35. The van der Waals surface area contributed by atoms with Crippen molar-refractivity contribution in [3.05, 3.63) is 65.2 Å². The van der Waals surface area contributed by atoms with E-state index >= 15 is 0 Å². The Hall–Kier alpha value is -1.78. The molecule has 0 radical (unpaired) electrons. The van der Waals surface area contributed by atoms with Crippen molar-refractivity contribution in [1.82, 2.24) is 9.88 Å². The second-order valence-corrected chi connectivity index (χ2v) is 4.94. The maximum atomic E-state index is 13.9. The zero-order valence-electron chi connectivity index (χ0n) is 11.7. The molecule has 0 aliphatic rings. The van der Waals surface area contributed by atoms with Gasteiger partial charge in [0.25, 0.3) is 0 Å². The number of hydrogen-bond donors (Lipinski definition) is 1. The zero-order chi connectivity index (χ0) is 14.4. The van der Waals surface area contributed by atoms with Gasteiger partial charge in [-0.05, 0) is 30.8 Å². The van der Waals surface area contributed by atoms with Gasteiger partial charge >= 0.3 is 0 Å². The van der Waals surface area contributed by atoms with Gasteiger partial charge in [-0.25, -0.2) is 4.39 Å². The molecule has 2 rings (SSSR count). The molecule has 2 N–H and O–H groups in total. The average Bonchev–Trinajstić information content (AvgIpc) is 2.48. The van der Waals surface area contributed by atoms with Crippen LogP contribution >= 0.6 is 0 Å². The Morgan fingerprint density at radius 3 is 2.75 bits per heavy atom. The first-order chi connectivity index (χ1) is 9.69. The third kappa shape index (κ3) is 4.11. The molecule has 0 saturated carbocycles. The van der Waals surface area contributed by atoms with Gasteiger partial charge in [0.2, 0.25) is 0 Å². The molecule has 1 aromatic heterocycles. The monoisotopic (exact) mass is 273 g/mol. The molecule has 0 aliphatic carbocycles. The molecular weight excluding hydrogens is 253 g/mol. The van der Waals surface area contributed by atoms with Gasteiger partial charge in [0.1, 0.15) is 5.82 Å². The normalized spacial score (nSPS) is 11.0. The smallest absolute Gasteiger partial charge is 0.128 e. The van der Waals surface area contributed by atoms with Crippen LogP contribution in [0.1, 0.15) is 16.8 Å². The minimum Gasteiger partial charge on any atom is -0.326 e. The predicted molar refractivity (Wildman–Crippen MR) is 78.6 cm³/mol. The van der Waals surface area contributed by atoms with Crippen LogP contribution in [0.4, 0.5) is 4.39 Å². The lowest BCUT2D eigenvalue weighted by Crippen LogP contribution is -2.21. The minimum atomic E-state index is -0.183. The molecule has 0 atom stereocenters. The molecule has 0 fully saturated rings. The standard InChI is InChI=1S/C16H20FN3/c1-20(9-7-15-4-2-3-8-19-15)12-14-6-5-13(11-18)10-16(14)17/h2-6,8,10H,7,9,11-12,18H2,1H3. The first-order valence-electron chi connectivity index (χ1n) is 6.75. The summed E-state index contributed by atoms with van der Waals surface area (Å²) in [6, 6.07) is 11.1. The number of hydrogen-bond acceptors (Lipinski definition) is 3. The van der Waals surface area contributed by atoms with Crippen molar-refractivity contribution in [2.24, 2.45) is 5.73 Å². The van der Waals surface area contributed by atoms with Crippen LogP contribution in [-0.4, -0.2) is 23.5 Å². The third-order valence-electron chi connectivity index (χ3n) is 3.27. The fourth-order valence-electron chi connectivity index (χ4n) is 2.07. The van der Waals surface area contributed by atoms with E-state index in [0.717, 1.165) is 24.2 Å². The highest BCUT2D eigenvalue weighted by Crippen LogP contribution is 2.12. The lowest BCUT2D eigenvalue weighted by atomic mass is 10.1. The van der Waals surface area contributed by atoms with Gasteiger partial charge in [0.05, 0.1) is 0 Å². The molecule has 1 aromatic carbocycles. The van der Waals surface area contributed by atoms with E-state index in [1.165, 1.54) is 6.07 Å². The second-order valence-electron chi connectivity index (χ2n) is 4.94. The number of rotatable bonds is 6. The van der Waals surface area contributed by atoms with Crippen molar-refractivity contribution in [1.29, 1.82) is 0 Å². The summed E-state index contributed by atoms with van der Waals surface area (Å²) in [5.41, 5.74) is 8.07. The Bertz CT molecular complexity index is 543. The van der Waals surface area contributed by atoms with Crippen LogP contribution in [0.15, 0.2) is 42.6 Å². The summed E-state index contributed by atoms with van der Waals surface area (Å²) in [4.78, 5) is 6.38. The van der Waals surface area contributed by atoms with Crippen LogP contribution in [0.5, 0.6) is 0 Å². The maximum absolute atomic E-state index is 13.9. The van der Waals surface area contributed by atoms with Crippen LogP contribution < -0.4 is 5.73 Å².